The van der Waals surface area contributed by atoms with Crippen LogP contribution in [0.4, 0.5) is 0 Å². The minimum absolute atomic E-state index is 0.130. The Bertz CT molecular complexity index is 560. The molecule has 122 valence electrons. The van der Waals surface area contributed by atoms with Crippen LogP contribution in [-0.4, -0.2) is 58.5 Å². The zero-order valence-electron chi connectivity index (χ0n) is 13.3. The van der Waals surface area contributed by atoms with Crippen LogP contribution < -0.4 is 5.32 Å². The van der Waals surface area contributed by atoms with Crippen molar-refractivity contribution in [2.45, 2.75) is 38.5 Å². The second-order valence-corrected chi connectivity index (χ2v) is 7.04. The first kappa shape index (κ1) is 15.8. The SMILES string of the molecule is CC(C)[C@H]1CN2C[C@@H](NC(=O)c3nn(C)cc3Cl)C[C@H]2CO1. The summed E-state index contributed by atoms with van der Waals surface area (Å²) in [6.45, 7) is 6.93. The summed E-state index contributed by atoms with van der Waals surface area (Å²) in [5.74, 6) is 0.318. The van der Waals surface area contributed by atoms with E-state index in [-0.39, 0.29) is 18.1 Å². The Morgan fingerprint density at radius 2 is 2.27 bits per heavy atom. The Hall–Kier alpha value is -1.11. The van der Waals surface area contributed by atoms with Gasteiger partial charge >= 0.3 is 0 Å². The molecule has 1 aromatic heterocycles. The molecule has 2 aliphatic heterocycles. The molecule has 1 aromatic rings. The third-order valence-electron chi connectivity index (χ3n) is 4.52. The number of nitrogens with zero attached hydrogens (tertiary/aromatic N) is 3. The summed E-state index contributed by atoms with van der Waals surface area (Å²) < 4.78 is 7.47. The summed E-state index contributed by atoms with van der Waals surface area (Å²) in [4.78, 5) is 14.7. The van der Waals surface area contributed by atoms with Crippen LogP contribution in [0.5, 0.6) is 0 Å². The van der Waals surface area contributed by atoms with E-state index in [1.165, 1.54) is 0 Å². The third-order valence-corrected chi connectivity index (χ3v) is 4.80. The van der Waals surface area contributed by atoms with Crippen molar-refractivity contribution >= 4 is 17.5 Å². The fourth-order valence-corrected chi connectivity index (χ4v) is 3.54. The molecule has 3 rings (SSSR count). The summed E-state index contributed by atoms with van der Waals surface area (Å²) in [5, 5.41) is 7.55. The highest BCUT2D eigenvalue weighted by molar-refractivity contribution is 6.33. The number of nitrogens with one attached hydrogen (secondary N) is 1. The maximum atomic E-state index is 12.3. The molecule has 0 aromatic carbocycles. The first-order valence-corrected chi connectivity index (χ1v) is 8.17. The number of hydrogen-bond donors (Lipinski definition) is 1. The molecule has 22 heavy (non-hydrogen) atoms. The lowest BCUT2D eigenvalue weighted by molar-refractivity contribution is -0.0683. The van der Waals surface area contributed by atoms with Crippen molar-refractivity contribution in [3.63, 3.8) is 0 Å². The largest absolute Gasteiger partial charge is 0.375 e. The van der Waals surface area contributed by atoms with E-state index in [4.69, 9.17) is 16.3 Å². The second-order valence-electron chi connectivity index (χ2n) is 6.63. The van der Waals surface area contributed by atoms with E-state index in [1.54, 1.807) is 17.9 Å². The van der Waals surface area contributed by atoms with Crippen molar-refractivity contribution in [3.8, 4) is 0 Å². The van der Waals surface area contributed by atoms with Crippen LogP contribution in [0.25, 0.3) is 0 Å². The first-order valence-electron chi connectivity index (χ1n) is 7.79. The molecule has 0 radical (unpaired) electrons. The molecule has 2 aliphatic rings. The van der Waals surface area contributed by atoms with Crippen molar-refractivity contribution in [1.29, 1.82) is 0 Å². The Labute approximate surface area is 135 Å². The molecule has 0 spiro atoms. The van der Waals surface area contributed by atoms with E-state index in [9.17, 15) is 4.79 Å². The predicted molar refractivity (Wildman–Crippen MR) is 84.0 cm³/mol. The zero-order valence-corrected chi connectivity index (χ0v) is 14.0. The predicted octanol–water partition coefficient (Wildman–Crippen LogP) is 1.30. The highest BCUT2D eigenvalue weighted by Gasteiger charge is 2.38. The molecular weight excluding hydrogens is 304 g/mol. The number of morpholine rings is 1. The van der Waals surface area contributed by atoms with Crippen LogP contribution in [0.15, 0.2) is 6.20 Å². The number of halogens is 1. The lowest BCUT2D eigenvalue weighted by atomic mass is 10.0. The van der Waals surface area contributed by atoms with Crippen LogP contribution in [0.1, 0.15) is 30.8 Å². The molecule has 0 aliphatic carbocycles. The van der Waals surface area contributed by atoms with Crippen molar-refractivity contribution in [1.82, 2.24) is 20.0 Å². The minimum atomic E-state index is -0.197. The molecule has 1 N–H and O–H groups in total. The number of rotatable bonds is 3. The van der Waals surface area contributed by atoms with Gasteiger partial charge in [0.05, 0.1) is 17.7 Å². The van der Waals surface area contributed by atoms with E-state index >= 15 is 0 Å². The standard InChI is InChI=1S/C15H23ClN4O2/c1-9(2)13-7-20-5-10(4-11(20)8-22-13)17-15(21)14-12(16)6-19(3)18-14/h6,9-11,13H,4-5,7-8H2,1-3H3,(H,17,21)/t10-,11-,13+/m0/s1. The highest BCUT2D eigenvalue weighted by Crippen LogP contribution is 2.26. The van der Waals surface area contributed by atoms with Crippen LogP contribution in [0, 0.1) is 5.92 Å². The van der Waals surface area contributed by atoms with Crippen molar-refractivity contribution < 1.29 is 9.53 Å². The quantitative estimate of drug-likeness (QED) is 0.909. The van der Waals surface area contributed by atoms with Crippen molar-refractivity contribution in [2.75, 3.05) is 19.7 Å². The molecular formula is C15H23ClN4O2. The van der Waals surface area contributed by atoms with Gasteiger partial charge in [0.25, 0.3) is 5.91 Å². The highest BCUT2D eigenvalue weighted by atomic mass is 35.5. The van der Waals surface area contributed by atoms with E-state index in [0.29, 0.717) is 22.7 Å². The Morgan fingerprint density at radius 1 is 1.50 bits per heavy atom. The van der Waals surface area contributed by atoms with Gasteiger partial charge in [-0.3, -0.25) is 14.4 Å². The summed E-state index contributed by atoms with van der Waals surface area (Å²) in [7, 11) is 1.75. The number of hydrogen-bond acceptors (Lipinski definition) is 4. The van der Waals surface area contributed by atoms with Crippen LogP contribution in [0.2, 0.25) is 5.02 Å². The monoisotopic (exact) mass is 326 g/mol. The molecule has 0 saturated carbocycles. The fraction of sp³-hybridized carbons (Fsp3) is 0.733. The smallest absolute Gasteiger partial charge is 0.273 e. The van der Waals surface area contributed by atoms with E-state index in [1.807, 2.05) is 0 Å². The number of aryl methyl sites for hydroxylation is 1. The zero-order chi connectivity index (χ0) is 15.9. The van der Waals surface area contributed by atoms with E-state index < -0.39 is 0 Å². The van der Waals surface area contributed by atoms with Gasteiger partial charge in [0.15, 0.2) is 5.69 Å². The molecule has 0 unspecified atom stereocenters. The molecule has 3 heterocycles. The van der Waals surface area contributed by atoms with Gasteiger partial charge in [-0.1, -0.05) is 25.4 Å². The summed E-state index contributed by atoms with van der Waals surface area (Å²) >= 11 is 6.03. The van der Waals surface area contributed by atoms with E-state index in [2.05, 4.69) is 29.2 Å². The number of carbonyl (C=O) groups is 1. The molecule has 6 nitrogen and oxygen atoms in total. The average Bonchev–Trinajstić information content (AvgIpc) is 2.99. The van der Waals surface area contributed by atoms with Gasteiger partial charge in [0, 0.05) is 38.4 Å². The molecule has 2 fully saturated rings. The lowest BCUT2D eigenvalue weighted by Gasteiger charge is -2.36. The van der Waals surface area contributed by atoms with Gasteiger partial charge in [0.2, 0.25) is 0 Å². The van der Waals surface area contributed by atoms with Crippen LogP contribution in [-0.2, 0) is 11.8 Å². The topological polar surface area (TPSA) is 59.4 Å². The number of carbonyl (C=O) groups excluding carboxylic acids is 1. The lowest BCUT2D eigenvalue weighted by Crippen LogP contribution is -2.48. The second kappa shape index (κ2) is 6.18. The molecule has 7 heteroatoms. The summed E-state index contributed by atoms with van der Waals surface area (Å²) in [6.07, 6.45) is 2.84. The minimum Gasteiger partial charge on any atom is -0.375 e. The molecule has 1 amide bonds. The third kappa shape index (κ3) is 3.14. The average molecular weight is 327 g/mol. The van der Waals surface area contributed by atoms with Gasteiger partial charge in [-0.2, -0.15) is 5.10 Å². The number of amides is 1. The maximum absolute atomic E-state index is 12.3. The van der Waals surface area contributed by atoms with Crippen molar-refractivity contribution in [3.05, 3.63) is 16.9 Å². The van der Waals surface area contributed by atoms with Gasteiger partial charge in [-0.15, -0.1) is 0 Å². The molecule has 0 bridgehead atoms. The van der Waals surface area contributed by atoms with Gasteiger partial charge in [-0.05, 0) is 12.3 Å². The van der Waals surface area contributed by atoms with Crippen molar-refractivity contribution in [2.24, 2.45) is 13.0 Å². The number of aromatic nitrogens is 2. The maximum Gasteiger partial charge on any atom is 0.273 e. The number of fused-ring (bicyclic) bond motifs is 1. The Morgan fingerprint density at radius 3 is 2.91 bits per heavy atom. The normalized spacial score (nSPS) is 28.9. The van der Waals surface area contributed by atoms with Gasteiger partial charge < -0.3 is 10.1 Å². The molecule has 3 atom stereocenters. The number of ether oxygens (including phenoxy) is 1. The summed E-state index contributed by atoms with van der Waals surface area (Å²) in [5.41, 5.74) is 0.297. The van der Waals surface area contributed by atoms with Gasteiger partial charge in [0.1, 0.15) is 0 Å². The summed E-state index contributed by atoms with van der Waals surface area (Å²) in [6, 6.07) is 0.532. The fourth-order valence-electron chi connectivity index (χ4n) is 3.27. The Kier molecular flexibility index (Phi) is 4.43. The van der Waals surface area contributed by atoms with E-state index in [0.717, 1.165) is 26.1 Å². The van der Waals surface area contributed by atoms with Crippen LogP contribution in [0.3, 0.4) is 0 Å². The molecule has 2 saturated heterocycles. The Balaban J connectivity index is 1.59. The van der Waals surface area contributed by atoms with Gasteiger partial charge in [-0.25, -0.2) is 0 Å². The first-order chi connectivity index (χ1) is 10.4. The van der Waals surface area contributed by atoms with Crippen LogP contribution >= 0.6 is 11.6 Å².